The van der Waals surface area contributed by atoms with Crippen LogP contribution in [0.1, 0.15) is 36.5 Å². The van der Waals surface area contributed by atoms with Gasteiger partial charge in [0.2, 0.25) is 0 Å². The van der Waals surface area contributed by atoms with Gasteiger partial charge in [-0.1, -0.05) is 0 Å². The van der Waals surface area contributed by atoms with Crippen molar-refractivity contribution in [1.29, 1.82) is 0 Å². The topological polar surface area (TPSA) is 75.6 Å². The van der Waals surface area contributed by atoms with Gasteiger partial charge in [-0.05, 0) is 0 Å². The van der Waals surface area contributed by atoms with E-state index in [4.69, 9.17) is 8.27 Å². The predicted molar refractivity (Wildman–Crippen MR) is 70.5 cm³/mol. The van der Waals surface area contributed by atoms with Crippen LogP contribution in [0.4, 0.5) is 0 Å². The number of carbonyl (C=O) groups excluding carboxylic acids is 1. The third-order valence-electron chi connectivity index (χ3n) is 2.75. The third kappa shape index (κ3) is 6.44. The number of hydrogen-bond acceptors (Lipinski definition) is 4. The molecule has 0 aliphatic carbocycles. The molecule has 0 aromatic heterocycles. The Morgan fingerprint density at radius 2 is 2.05 bits per heavy atom. The van der Waals surface area contributed by atoms with Gasteiger partial charge in [0.1, 0.15) is 0 Å². The molecule has 0 radical (unpaired) electrons. The minimum absolute atomic E-state index is 0.0302. The molecule has 0 aliphatic heterocycles. The molecule has 1 rings (SSSR count). The Balaban J connectivity index is 2.26. The monoisotopic (exact) mass is 392 g/mol. The van der Waals surface area contributed by atoms with E-state index < -0.39 is 33.5 Å². The molecular weight excluding hydrogens is 373 g/mol. The van der Waals surface area contributed by atoms with Gasteiger partial charge in [0.05, 0.1) is 0 Å². The van der Waals surface area contributed by atoms with E-state index >= 15 is 0 Å². The molecule has 1 atom stereocenters. The van der Waals surface area contributed by atoms with Crippen molar-refractivity contribution in [2.75, 3.05) is 6.54 Å². The van der Waals surface area contributed by atoms with Gasteiger partial charge in [-0.3, -0.25) is 0 Å². The number of nitrogens with one attached hydrogen (secondary N) is 1. The fraction of sp³-hybridized carbons (Fsp3) is 0.429. The summed E-state index contributed by atoms with van der Waals surface area (Å²) in [6.07, 6.45) is 2.45. The number of rotatable bonds is 10. The fourth-order valence-electron chi connectivity index (χ4n) is 1.57. The van der Waals surface area contributed by atoms with Gasteiger partial charge in [0.25, 0.3) is 0 Å². The van der Waals surface area contributed by atoms with Crippen LogP contribution in [0.3, 0.4) is 0 Å². The van der Waals surface area contributed by atoms with Crippen LogP contribution in [0.25, 0.3) is 0 Å². The quantitative estimate of drug-likeness (QED) is 0.237. The van der Waals surface area contributed by atoms with E-state index in [2.05, 4.69) is 5.48 Å². The van der Waals surface area contributed by atoms with E-state index in [0.29, 0.717) is 12.0 Å². The Bertz CT molecular complexity index is 424. The molecule has 20 heavy (non-hydrogen) atoms. The molecule has 0 spiro atoms. The summed E-state index contributed by atoms with van der Waals surface area (Å²) in [5.41, 5.74) is 3.25. The second-order valence-corrected chi connectivity index (χ2v) is 6.18. The van der Waals surface area contributed by atoms with Crippen molar-refractivity contribution >= 4 is 9.76 Å². The zero-order chi connectivity index (χ0) is 14.8. The fourth-order valence-corrected chi connectivity index (χ4v) is 2.72. The first-order valence-corrected chi connectivity index (χ1v) is 8.47. The van der Waals surface area contributed by atoms with E-state index in [1.165, 1.54) is 0 Å². The summed E-state index contributed by atoms with van der Waals surface area (Å²) in [7, 11) is 0. The Morgan fingerprint density at radius 1 is 1.35 bits per heavy atom. The maximum absolute atomic E-state index is 11.8. The molecule has 2 N–H and O–H groups in total. The van der Waals surface area contributed by atoms with Gasteiger partial charge in [-0.15, -0.1) is 0 Å². The van der Waals surface area contributed by atoms with Gasteiger partial charge < -0.3 is 0 Å². The van der Waals surface area contributed by atoms with Gasteiger partial charge in [-0.25, -0.2) is 0 Å². The van der Waals surface area contributed by atoms with Crippen molar-refractivity contribution in [1.82, 2.24) is 5.48 Å². The van der Waals surface area contributed by atoms with Crippen LogP contribution in [0.2, 0.25) is 0 Å². The normalized spacial score (nSPS) is 12.2. The minimum atomic E-state index is -1.12. The summed E-state index contributed by atoms with van der Waals surface area (Å²) in [4.78, 5) is 22.8. The van der Waals surface area contributed by atoms with Crippen molar-refractivity contribution in [3.63, 3.8) is 0 Å². The molecule has 0 saturated heterocycles. The summed E-state index contributed by atoms with van der Waals surface area (Å²) in [5, 5.41) is 9.03. The van der Waals surface area contributed by atoms with Crippen molar-refractivity contribution in [2.24, 2.45) is 5.92 Å². The Kier molecular flexibility index (Phi) is 8.40. The maximum atomic E-state index is 11.8. The number of hydroxylamine groups is 1. The standard InChI is InChI=1S/C14H19INO4/c1-2-3-7-12(14(18)19)10-16-20-15-13(17)11-8-5-4-6-9-11/h4-6,8-9,12,16H,2-3,7,10H2,1H3,(H,18,19)/q-1/t12-/m1/s1. The Labute approximate surface area is 129 Å². The number of carboxylic acids is 1. The average molecular weight is 392 g/mol. The van der Waals surface area contributed by atoms with Crippen molar-refractivity contribution < 1.29 is 39.5 Å². The van der Waals surface area contributed by atoms with Crippen LogP contribution in [-0.4, -0.2) is 21.4 Å². The Morgan fingerprint density at radius 3 is 2.65 bits per heavy atom. The molecule has 0 fully saturated rings. The number of aliphatic carboxylic acids is 1. The van der Waals surface area contributed by atoms with Crippen molar-refractivity contribution in [3.8, 4) is 0 Å². The molecule has 1 aromatic rings. The zero-order valence-corrected chi connectivity index (χ0v) is 13.5. The molecule has 0 unspecified atom stereocenters. The van der Waals surface area contributed by atoms with Crippen LogP contribution in [0.15, 0.2) is 30.3 Å². The van der Waals surface area contributed by atoms with E-state index in [1.54, 1.807) is 24.3 Å². The summed E-state index contributed by atoms with van der Waals surface area (Å²) in [6, 6.07) is 8.93. The number of unbranched alkanes of at least 4 members (excludes halogenated alkanes) is 1. The van der Waals surface area contributed by atoms with Crippen molar-refractivity contribution in [2.45, 2.75) is 26.2 Å². The van der Waals surface area contributed by atoms with Gasteiger partial charge in [0.15, 0.2) is 0 Å². The van der Waals surface area contributed by atoms with Crippen LogP contribution >= 0.6 is 0 Å². The summed E-state index contributed by atoms with van der Waals surface area (Å²) in [6.45, 7) is 2.25. The van der Waals surface area contributed by atoms with Crippen molar-refractivity contribution in [3.05, 3.63) is 35.9 Å². The van der Waals surface area contributed by atoms with E-state index in [1.807, 2.05) is 13.0 Å². The van der Waals surface area contributed by atoms with E-state index in [0.717, 1.165) is 12.8 Å². The second kappa shape index (κ2) is 9.84. The molecule has 0 heterocycles. The average Bonchev–Trinajstić information content (AvgIpc) is 2.46. The molecule has 1 aromatic carbocycles. The molecule has 112 valence electrons. The number of hydrogen-bond donors (Lipinski definition) is 2. The van der Waals surface area contributed by atoms with E-state index in [-0.39, 0.29) is 10.3 Å². The molecule has 0 amide bonds. The predicted octanol–water partition coefficient (Wildman–Crippen LogP) is -0.757. The Hall–Kier alpha value is -0.990. The van der Waals surface area contributed by atoms with Crippen LogP contribution in [-0.2, 0) is 7.96 Å². The molecule has 6 heteroatoms. The first-order chi connectivity index (χ1) is 9.65. The van der Waals surface area contributed by atoms with Crippen LogP contribution in [0.5, 0.6) is 0 Å². The number of carboxylic acid groups (broad SMARTS) is 1. The summed E-state index contributed by atoms with van der Waals surface area (Å²) < 4.78 is 5.13. The van der Waals surface area contributed by atoms with E-state index in [9.17, 15) is 9.59 Å². The molecular formula is C14H19INO4-. The second-order valence-electron chi connectivity index (χ2n) is 4.32. The van der Waals surface area contributed by atoms with Crippen LogP contribution in [0, 0.1) is 5.92 Å². The van der Waals surface area contributed by atoms with Gasteiger partial charge in [-0.2, -0.15) is 0 Å². The molecule has 0 bridgehead atoms. The van der Waals surface area contributed by atoms with Gasteiger partial charge >= 0.3 is 129 Å². The summed E-state index contributed by atoms with van der Waals surface area (Å²) in [5.74, 6) is -1.30. The molecule has 0 aliphatic rings. The van der Waals surface area contributed by atoms with Crippen LogP contribution < -0.4 is 27.1 Å². The molecule has 0 saturated carbocycles. The molecule has 5 nitrogen and oxygen atoms in total. The SMILES string of the molecule is CCCC[C@H](CNO[I-]C(=O)c1ccccc1)C(=O)O. The number of halogens is 1. The first kappa shape index (κ1) is 17.1. The third-order valence-corrected chi connectivity index (χ3v) is 4.30. The zero-order valence-electron chi connectivity index (χ0n) is 11.3. The number of benzene rings is 1. The number of carbonyl (C=O) groups is 2. The van der Waals surface area contributed by atoms with Gasteiger partial charge in [0, 0.05) is 0 Å². The summed E-state index contributed by atoms with van der Waals surface area (Å²) >= 11 is -1.12. The first-order valence-electron chi connectivity index (χ1n) is 6.51.